The van der Waals surface area contributed by atoms with Gasteiger partial charge in [-0.25, -0.2) is 9.97 Å². The van der Waals surface area contributed by atoms with Gasteiger partial charge in [0.2, 0.25) is 5.75 Å². The van der Waals surface area contributed by atoms with Gasteiger partial charge in [-0.2, -0.15) is 0 Å². The molecule has 0 bridgehead atoms. The fourth-order valence-electron chi connectivity index (χ4n) is 3.75. The lowest BCUT2D eigenvalue weighted by atomic mass is 10.1. The SMILES string of the molecule is COc1cc(-c2nc3ccccc3c3nc4ccccc4n23)cc(OC)c1OC. The molecule has 2 heterocycles. The Balaban J connectivity index is 1.94. The number of imidazole rings is 1. The quantitative estimate of drug-likeness (QED) is 0.448. The van der Waals surface area contributed by atoms with Crippen LogP contribution in [0.2, 0.25) is 0 Å². The van der Waals surface area contributed by atoms with Crippen LogP contribution in [-0.2, 0) is 0 Å². The number of benzene rings is 3. The highest BCUT2D eigenvalue weighted by Crippen LogP contribution is 2.41. The van der Waals surface area contributed by atoms with E-state index >= 15 is 0 Å². The fraction of sp³-hybridized carbons (Fsp3) is 0.130. The molecule has 6 heteroatoms. The first-order chi connectivity index (χ1) is 14.2. The molecule has 0 unspecified atom stereocenters. The van der Waals surface area contributed by atoms with Crippen LogP contribution in [0.1, 0.15) is 0 Å². The molecule has 0 amide bonds. The highest BCUT2D eigenvalue weighted by atomic mass is 16.5. The second-order valence-corrected chi connectivity index (χ2v) is 6.63. The van der Waals surface area contributed by atoms with Crippen molar-refractivity contribution in [2.75, 3.05) is 21.3 Å². The number of fused-ring (bicyclic) bond motifs is 5. The minimum Gasteiger partial charge on any atom is -0.493 e. The van der Waals surface area contributed by atoms with E-state index in [9.17, 15) is 0 Å². The van der Waals surface area contributed by atoms with Gasteiger partial charge in [0.15, 0.2) is 11.5 Å². The third kappa shape index (κ3) is 2.56. The summed E-state index contributed by atoms with van der Waals surface area (Å²) in [5, 5.41) is 1.000. The van der Waals surface area contributed by atoms with Gasteiger partial charge >= 0.3 is 0 Å². The minimum atomic E-state index is 0.547. The molecular weight excluding hydrogens is 366 g/mol. The van der Waals surface area contributed by atoms with Crippen LogP contribution >= 0.6 is 0 Å². The number of hydrogen-bond donors (Lipinski definition) is 0. The van der Waals surface area contributed by atoms with E-state index in [1.165, 1.54) is 0 Å². The van der Waals surface area contributed by atoms with E-state index in [-0.39, 0.29) is 0 Å². The van der Waals surface area contributed by atoms with Crippen molar-refractivity contribution in [3.05, 3.63) is 60.7 Å². The molecular formula is C23H19N3O3. The van der Waals surface area contributed by atoms with Gasteiger partial charge in [-0.15, -0.1) is 0 Å². The van der Waals surface area contributed by atoms with E-state index in [0.29, 0.717) is 17.2 Å². The van der Waals surface area contributed by atoms with Gasteiger partial charge in [-0.1, -0.05) is 24.3 Å². The molecule has 0 spiro atoms. The molecule has 0 aliphatic carbocycles. The number of para-hydroxylation sites is 3. The van der Waals surface area contributed by atoms with Crippen molar-refractivity contribution in [3.63, 3.8) is 0 Å². The van der Waals surface area contributed by atoms with E-state index in [0.717, 1.165) is 39.0 Å². The first-order valence-electron chi connectivity index (χ1n) is 9.21. The highest BCUT2D eigenvalue weighted by Gasteiger charge is 2.19. The summed E-state index contributed by atoms with van der Waals surface area (Å²) < 4.78 is 18.7. The maximum absolute atomic E-state index is 5.55. The van der Waals surface area contributed by atoms with Crippen molar-refractivity contribution < 1.29 is 14.2 Å². The lowest BCUT2D eigenvalue weighted by Gasteiger charge is -2.15. The zero-order chi connectivity index (χ0) is 20.0. The third-order valence-electron chi connectivity index (χ3n) is 5.07. The van der Waals surface area contributed by atoms with Crippen LogP contribution in [0.4, 0.5) is 0 Å². The highest BCUT2D eigenvalue weighted by molar-refractivity contribution is 5.98. The van der Waals surface area contributed by atoms with Gasteiger partial charge in [0.05, 0.1) is 37.9 Å². The Bertz CT molecular complexity index is 1350. The average molecular weight is 385 g/mol. The van der Waals surface area contributed by atoms with Crippen LogP contribution in [-0.4, -0.2) is 35.7 Å². The Morgan fingerprint density at radius 2 is 1.38 bits per heavy atom. The number of hydrogen-bond acceptors (Lipinski definition) is 5. The van der Waals surface area contributed by atoms with Gasteiger partial charge < -0.3 is 14.2 Å². The number of rotatable bonds is 4. The summed E-state index contributed by atoms with van der Waals surface area (Å²) in [6, 6.07) is 19.9. The first-order valence-corrected chi connectivity index (χ1v) is 9.21. The van der Waals surface area contributed by atoms with Crippen LogP contribution < -0.4 is 14.2 Å². The summed E-state index contributed by atoms with van der Waals surface area (Å²) in [6.45, 7) is 0. The molecule has 3 aromatic carbocycles. The molecule has 5 rings (SSSR count). The van der Waals surface area contributed by atoms with Gasteiger partial charge in [0.25, 0.3) is 0 Å². The number of aromatic nitrogens is 3. The maximum atomic E-state index is 5.55. The largest absolute Gasteiger partial charge is 0.493 e. The van der Waals surface area contributed by atoms with Crippen LogP contribution in [0.25, 0.3) is 39.0 Å². The van der Waals surface area contributed by atoms with Gasteiger partial charge in [0.1, 0.15) is 11.5 Å². The van der Waals surface area contributed by atoms with Crippen LogP contribution in [0.3, 0.4) is 0 Å². The Kier molecular flexibility index (Phi) is 3.98. The third-order valence-corrected chi connectivity index (χ3v) is 5.07. The number of nitrogens with zero attached hydrogens (tertiary/aromatic N) is 3. The maximum Gasteiger partial charge on any atom is 0.203 e. The fourth-order valence-corrected chi connectivity index (χ4v) is 3.75. The Morgan fingerprint density at radius 3 is 2.07 bits per heavy atom. The van der Waals surface area contributed by atoms with Gasteiger partial charge in [-0.05, 0) is 36.4 Å². The molecule has 0 radical (unpaired) electrons. The summed E-state index contributed by atoms with van der Waals surface area (Å²) in [5.74, 6) is 2.46. The monoisotopic (exact) mass is 385 g/mol. The first kappa shape index (κ1) is 17.3. The Labute approximate surface area is 167 Å². The summed E-state index contributed by atoms with van der Waals surface area (Å²) in [4.78, 5) is 9.86. The van der Waals surface area contributed by atoms with Crippen molar-refractivity contribution in [2.45, 2.75) is 0 Å². The van der Waals surface area contributed by atoms with Crippen molar-refractivity contribution in [1.82, 2.24) is 14.4 Å². The van der Waals surface area contributed by atoms with Crippen LogP contribution in [0.15, 0.2) is 60.7 Å². The number of ether oxygens (including phenoxy) is 3. The lowest BCUT2D eigenvalue weighted by Crippen LogP contribution is -2.00. The van der Waals surface area contributed by atoms with E-state index in [1.54, 1.807) is 21.3 Å². The second-order valence-electron chi connectivity index (χ2n) is 6.63. The smallest absolute Gasteiger partial charge is 0.203 e. The van der Waals surface area contributed by atoms with Crippen molar-refractivity contribution in [2.24, 2.45) is 0 Å². The normalized spacial score (nSPS) is 11.3. The van der Waals surface area contributed by atoms with E-state index in [1.807, 2.05) is 60.7 Å². The predicted octanol–water partition coefficient (Wildman–Crippen LogP) is 4.73. The van der Waals surface area contributed by atoms with Gasteiger partial charge in [-0.3, -0.25) is 4.40 Å². The molecule has 0 aliphatic rings. The topological polar surface area (TPSA) is 57.9 Å². The minimum absolute atomic E-state index is 0.547. The van der Waals surface area contributed by atoms with E-state index < -0.39 is 0 Å². The molecule has 0 N–H and O–H groups in total. The molecule has 0 fully saturated rings. The van der Waals surface area contributed by atoms with Crippen LogP contribution in [0, 0.1) is 0 Å². The van der Waals surface area contributed by atoms with Gasteiger partial charge in [0, 0.05) is 10.9 Å². The lowest BCUT2D eigenvalue weighted by molar-refractivity contribution is 0.324. The molecule has 144 valence electrons. The Hall–Kier alpha value is -3.80. The standard InChI is InChI=1S/C23H19N3O3/c1-27-19-12-14(13-20(28-2)21(19)29-3)22-24-16-9-5-4-8-15(16)23-25-17-10-6-7-11-18(17)26(22)23/h4-13H,1-3H3. The summed E-state index contributed by atoms with van der Waals surface area (Å²) in [5.41, 5.74) is 4.49. The van der Waals surface area contributed by atoms with Crippen molar-refractivity contribution >= 4 is 27.6 Å². The zero-order valence-electron chi connectivity index (χ0n) is 16.3. The average Bonchev–Trinajstić information content (AvgIpc) is 3.17. The zero-order valence-corrected chi connectivity index (χ0v) is 16.3. The predicted molar refractivity (Wildman–Crippen MR) is 113 cm³/mol. The molecule has 5 aromatic rings. The summed E-state index contributed by atoms with van der Waals surface area (Å²) in [7, 11) is 4.81. The molecule has 6 nitrogen and oxygen atoms in total. The molecule has 0 saturated heterocycles. The van der Waals surface area contributed by atoms with Crippen LogP contribution in [0.5, 0.6) is 17.2 Å². The van der Waals surface area contributed by atoms with Crippen molar-refractivity contribution in [3.8, 4) is 28.6 Å². The second kappa shape index (κ2) is 6.67. The van der Waals surface area contributed by atoms with Crippen molar-refractivity contribution in [1.29, 1.82) is 0 Å². The molecule has 2 aromatic heterocycles. The molecule has 0 atom stereocenters. The molecule has 0 aliphatic heterocycles. The summed E-state index contributed by atoms with van der Waals surface area (Å²) in [6.07, 6.45) is 0. The molecule has 0 saturated carbocycles. The van der Waals surface area contributed by atoms with E-state index in [4.69, 9.17) is 24.2 Å². The van der Waals surface area contributed by atoms with E-state index in [2.05, 4.69) is 4.40 Å². The number of methoxy groups -OCH3 is 3. The summed E-state index contributed by atoms with van der Waals surface area (Å²) >= 11 is 0. The Morgan fingerprint density at radius 1 is 0.724 bits per heavy atom. The molecule has 29 heavy (non-hydrogen) atoms.